The van der Waals surface area contributed by atoms with Crippen molar-refractivity contribution in [2.75, 3.05) is 33.9 Å². The Morgan fingerprint density at radius 3 is 2.72 bits per heavy atom. The number of aryl methyl sites for hydroxylation is 1. The molecule has 1 atom stereocenters. The lowest BCUT2D eigenvalue weighted by Crippen LogP contribution is -2.42. The maximum atomic E-state index is 13.2. The van der Waals surface area contributed by atoms with Crippen molar-refractivity contribution >= 4 is 28.4 Å². The summed E-state index contributed by atoms with van der Waals surface area (Å²) in [6, 6.07) is 9.82. The molecule has 4 rings (SSSR count). The summed E-state index contributed by atoms with van der Waals surface area (Å²) in [7, 11) is 3.26. The number of hydrogen-bond acceptors (Lipinski definition) is 6. The zero-order valence-electron chi connectivity index (χ0n) is 21.6. The molecule has 1 aliphatic rings. The van der Waals surface area contributed by atoms with E-state index in [0.29, 0.717) is 25.4 Å². The largest absolute Gasteiger partial charge is 0.497 e. The van der Waals surface area contributed by atoms with Crippen molar-refractivity contribution in [3.8, 4) is 22.6 Å². The smallest absolute Gasteiger partial charge is 0.310 e. The van der Waals surface area contributed by atoms with Crippen LogP contribution in [-0.2, 0) is 14.3 Å². The van der Waals surface area contributed by atoms with Crippen LogP contribution >= 0.6 is 0 Å². The van der Waals surface area contributed by atoms with E-state index in [4.69, 9.17) is 18.6 Å². The Balaban J connectivity index is 1.69. The molecule has 7 nitrogen and oxygen atoms in total. The van der Waals surface area contributed by atoms with Gasteiger partial charge < -0.3 is 23.5 Å². The molecule has 1 aromatic heterocycles. The number of carbonyl (C=O) groups is 2. The Bertz CT molecular complexity index is 1300. The lowest BCUT2D eigenvalue weighted by atomic mass is 9.95. The molecule has 1 unspecified atom stereocenters. The van der Waals surface area contributed by atoms with Gasteiger partial charge in [-0.05, 0) is 62.9 Å². The van der Waals surface area contributed by atoms with Crippen LogP contribution in [0.15, 0.2) is 47.1 Å². The zero-order chi connectivity index (χ0) is 25.8. The van der Waals surface area contributed by atoms with Crippen molar-refractivity contribution in [3.05, 3.63) is 53.8 Å². The summed E-state index contributed by atoms with van der Waals surface area (Å²) < 4.78 is 22.3. The zero-order valence-corrected chi connectivity index (χ0v) is 21.6. The van der Waals surface area contributed by atoms with Crippen LogP contribution in [0.25, 0.3) is 27.7 Å². The summed E-state index contributed by atoms with van der Waals surface area (Å²) in [6.07, 6.45) is 4.88. The summed E-state index contributed by atoms with van der Waals surface area (Å²) in [5.41, 5.74) is 5.10. The van der Waals surface area contributed by atoms with Crippen molar-refractivity contribution in [1.29, 1.82) is 0 Å². The van der Waals surface area contributed by atoms with Gasteiger partial charge in [0, 0.05) is 41.2 Å². The lowest BCUT2D eigenvalue weighted by Gasteiger charge is -2.31. The number of nitrogens with zero attached hydrogens (tertiary/aromatic N) is 1. The van der Waals surface area contributed by atoms with Gasteiger partial charge in [0.1, 0.15) is 17.1 Å². The SMILES string of the molecule is CCOC(=O)C1CCCN(C(=O)/C=C(\C)c2cc3c(-c4cccc(OC)c4)coc3c(C)c2OC)C1. The molecule has 0 saturated carbocycles. The molecule has 3 aromatic rings. The molecule has 0 radical (unpaired) electrons. The molecule has 0 N–H and O–H groups in total. The van der Waals surface area contributed by atoms with Crippen LogP contribution in [0.4, 0.5) is 0 Å². The summed E-state index contributed by atoms with van der Waals surface area (Å²) in [4.78, 5) is 27.1. The quantitative estimate of drug-likeness (QED) is 0.315. The third-order valence-corrected chi connectivity index (χ3v) is 6.75. The highest BCUT2D eigenvalue weighted by Gasteiger charge is 2.29. The van der Waals surface area contributed by atoms with Gasteiger partial charge in [-0.3, -0.25) is 9.59 Å². The molecule has 0 aliphatic carbocycles. The number of furan rings is 1. The van der Waals surface area contributed by atoms with E-state index in [2.05, 4.69) is 0 Å². The molecule has 36 heavy (non-hydrogen) atoms. The highest BCUT2D eigenvalue weighted by molar-refractivity contribution is 6.02. The van der Waals surface area contributed by atoms with Gasteiger partial charge in [0.2, 0.25) is 5.91 Å². The summed E-state index contributed by atoms with van der Waals surface area (Å²) in [5, 5.41) is 0.928. The van der Waals surface area contributed by atoms with Crippen molar-refractivity contribution in [1.82, 2.24) is 4.90 Å². The van der Waals surface area contributed by atoms with Gasteiger partial charge in [-0.15, -0.1) is 0 Å². The molecule has 1 fully saturated rings. The number of carbonyl (C=O) groups excluding carboxylic acids is 2. The van der Waals surface area contributed by atoms with Crippen LogP contribution in [0.5, 0.6) is 11.5 Å². The van der Waals surface area contributed by atoms with E-state index in [0.717, 1.165) is 57.4 Å². The minimum Gasteiger partial charge on any atom is -0.497 e. The fraction of sp³-hybridized carbons (Fsp3) is 0.379. The average Bonchev–Trinajstić information content (AvgIpc) is 3.33. The molecule has 7 heteroatoms. The number of ether oxygens (including phenoxy) is 3. The molecule has 2 heterocycles. The molecule has 190 valence electrons. The number of methoxy groups -OCH3 is 2. The Morgan fingerprint density at radius 2 is 2.00 bits per heavy atom. The normalized spacial score (nSPS) is 16.2. The second-order valence-electron chi connectivity index (χ2n) is 9.04. The van der Waals surface area contributed by atoms with Crippen molar-refractivity contribution in [2.45, 2.75) is 33.6 Å². The maximum absolute atomic E-state index is 13.2. The van der Waals surface area contributed by atoms with Crippen LogP contribution in [-0.4, -0.2) is 50.7 Å². The summed E-state index contributed by atoms with van der Waals surface area (Å²) in [6.45, 7) is 6.98. The number of benzene rings is 2. The van der Waals surface area contributed by atoms with E-state index in [1.807, 2.05) is 44.2 Å². The van der Waals surface area contributed by atoms with E-state index in [1.165, 1.54) is 0 Å². The van der Waals surface area contributed by atoms with E-state index >= 15 is 0 Å². The Morgan fingerprint density at radius 1 is 1.19 bits per heavy atom. The first-order valence-corrected chi connectivity index (χ1v) is 12.2. The average molecular weight is 492 g/mol. The number of fused-ring (bicyclic) bond motifs is 1. The van der Waals surface area contributed by atoms with Gasteiger partial charge in [0.05, 0.1) is 33.0 Å². The van der Waals surface area contributed by atoms with Crippen molar-refractivity contribution in [3.63, 3.8) is 0 Å². The minimum absolute atomic E-state index is 0.124. The number of amides is 1. The fourth-order valence-corrected chi connectivity index (χ4v) is 4.87. The third-order valence-electron chi connectivity index (χ3n) is 6.75. The molecule has 1 saturated heterocycles. The second-order valence-corrected chi connectivity index (χ2v) is 9.04. The Kier molecular flexibility index (Phi) is 7.67. The second kappa shape index (κ2) is 10.9. The Labute approximate surface area is 211 Å². The topological polar surface area (TPSA) is 78.2 Å². The molecule has 1 amide bonds. The lowest BCUT2D eigenvalue weighted by molar-refractivity contribution is -0.150. The van der Waals surface area contributed by atoms with E-state index in [9.17, 15) is 9.59 Å². The summed E-state index contributed by atoms with van der Waals surface area (Å²) >= 11 is 0. The van der Waals surface area contributed by atoms with E-state index in [-0.39, 0.29) is 17.8 Å². The third kappa shape index (κ3) is 4.96. The first kappa shape index (κ1) is 25.4. The van der Waals surface area contributed by atoms with Crippen LogP contribution in [0.2, 0.25) is 0 Å². The minimum atomic E-state index is -0.277. The molecule has 0 spiro atoms. The van der Waals surface area contributed by atoms with Crippen LogP contribution < -0.4 is 9.47 Å². The number of piperidine rings is 1. The number of rotatable bonds is 7. The molecular weight excluding hydrogens is 458 g/mol. The number of hydrogen-bond donors (Lipinski definition) is 0. The van der Waals surface area contributed by atoms with Gasteiger partial charge in [0.15, 0.2) is 0 Å². The highest BCUT2D eigenvalue weighted by Crippen LogP contribution is 2.41. The standard InChI is InChI=1S/C29H33NO6/c1-6-35-29(32)21-10-8-12-30(16-21)26(31)13-18(2)23-15-24-25(20-9-7-11-22(14-20)33-4)17-36-28(24)19(3)27(23)34-5/h7,9,11,13-15,17,21H,6,8,10,12,16H2,1-5H3/b18-13+. The molecule has 2 aromatic carbocycles. The van der Waals surface area contributed by atoms with Crippen LogP contribution in [0.3, 0.4) is 0 Å². The number of allylic oxidation sites excluding steroid dienone is 1. The van der Waals surface area contributed by atoms with Gasteiger partial charge >= 0.3 is 5.97 Å². The van der Waals surface area contributed by atoms with E-state index in [1.54, 1.807) is 38.4 Å². The Hall–Kier alpha value is -3.74. The van der Waals surface area contributed by atoms with Gasteiger partial charge in [0.25, 0.3) is 0 Å². The monoisotopic (exact) mass is 491 g/mol. The van der Waals surface area contributed by atoms with Crippen LogP contribution in [0, 0.1) is 12.8 Å². The molecular formula is C29H33NO6. The van der Waals surface area contributed by atoms with Crippen molar-refractivity contribution < 1.29 is 28.2 Å². The first-order valence-electron chi connectivity index (χ1n) is 12.2. The van der Waals surface area contributed by atoms with Gasteiger partial charge in [-0.2, -0.15) is 0 Å². The van der Waals surface area contributed by atoms with Crippen LogP contribution in [0.1, 0.15) is 37.8 Å². The highest BCUT2D eigenvalue weighted by atomic mass is 16.5. The van der Waals surface area contributed by atoms with Gasteiger partial charge in [-0.1, -0.05) is 12.1 Å². The predicted molar refractivity (Wildman–Crippen MR) is 139 cm³/mol. The van der Waals surface area contributed by atoms with Gasteiger partial charge in [-0.25, -0.2) is 0 Å². The number of esters is 1. The fourth-order valence-electron chi connectivity index (χ4n) is 4.87. The van der Waals surface area contributed by atoms with Crippen molar-refractivity contribution in [2.24, 2.45) is 5.92 Å². The molecule has 0 bridgehead atoms. The maximum Gasteiger partial charge on any atom is 0.310 e. The first-order chi connectivity index (χ1) is 17.4. The predicted octanol–water partition coefficient (Wildman–Crippen LogP) is 5.63. The number of likely N-dealkylation sites (tertiary alicyclic amines) is 1. The molecule has 1 aliphatic heterocycles. The summed E-state index contributed by atoms with van der Waals surface area (Å²) in [5.74, 6) is 0.793. The van der Waals surface area contributed by atoms with E-state index < -0.39 is 0 Å².